The largest absolute Gasteiger partial charge is 0.438 e. The highest BCUT2D eigenvalue weighted by Crippen LogP contribution is 2.41. The zero-order chi connectivity index (χ0) is 27.8. The van der Waals surface area contributed by atoms with E-state index in [1.165, 1.54) is 47.4 Å². The summed E-state index contributed by atoms with van der Waals surface area (Å²) in [6.07, 6.45) is 6.35. The van der Waals surface area contributed by atoms with Crippen LogP contribution >= 0.6 is 15.9 Å². The lowest BCUT2D eigenvalue weighted by atomic mass is 10.2. The molecule has 10 nitrogen and oxygen atoms in total. The lowest BCUT2D eigenvalue weighted by molar-refractivity contribution is 0.102. The van der Waals surface area contributed by atoms with Gasteiger partial charge in [-0.25, -0.2) is 14.4 Å². The SMILES string of the molecule is Cn1cc(-c2oc3ncnc(Oc4ccc(NC(=O)c5cccn(-c6ccc(F)cc6)c5=O)cc4)c3c2Br)cn1. The van der Waals surface area contributed by atoms with Crippen LogP contribution in [-0.4, -0.2) is 30.2 Å². The van der Waals surface area contributed by atoms with Gasteiger partial charge in [0.15, 0.2) is 5.76 Å². The van der Waals surface area contributed by atoms with Gasteiger partial charge in [0.2, 0.25) is 11.6 Å². The highest BCUT2D eigenvalue weighted by atomic mass is 79.9. The Kier molecular flexibility index (Phi) is 6.44. The third kappa shape index (κ3) is 4.76. The van der Waals surface area contributed by atoms with Gasteiger partial charge in [-0.2, -0.15) is 5.10 Å². The number of nitrogens with one attached hydrogen (secondary N) is 1. The molecule has 0 bridgehead atoms. The van der Waals surface area contributed by atoms with Gasteiger partial charge in [0.25, 0.3) is 11.5 Å². The number of aryl methyl sites for hydroxylation is 1. The van der Waals surface area contributed by atoms with E-state index in [1.54, 1.807) is 41.2 Å². The summed E-state index contributed by atoms with van der Waals surface area (Å²) in [5.41, 5.74) is 1.40. The number of pyridine rings is 1. The van der Waals surface area contributed by atoms with Crippen LogP contribution in [0.4, 0.5) is 10.1 Å². The van der Waals surface area contributed by atoms with Gasteiger partial charge in [0.05, 0.1) is 16.2 Å². The molecule has 0 aliphatic heterocycles. The first-order chi connectivity index (χ1) is 19.4. The summed E-state index contributed by atoms with van der Waals surface area (Å²) in [5.74, 6) is 0.267. The fraction of sp³-hybridized carbons (Fsp3) is 0.0357. The lowest BCUT2D eigenvalue weighted by Crippen LogP contribution is -2.27. The van der Waals surface area contributed by atoms with Crippen LogP contribution in [0.5, 0.6) is 11.6 Å². The molecule has 6 aromatic rings. The molecule has 0 atom stereocenters. The Bertz CT molecular complexity index is 1930. The van der Waals surface area contributed by atoms with Gasteiger partial charge in [-0.05, 0) is 76.6 Å². The number of fused-ring (bicyclic) bond motifs is 1. The molecular formula is C28H18BrFN6O4. The Morgan fingerprint density at radius 3 is 2.58 bits per heavy atom. The van der Waals surface area contributed by atoms with Crippen molar-refractivity contribution < 1.29 is 18.3 Å². The summed E-state index contributed by atoms with van der Waals surface area (Å²) in [4.78, 5) is 34.3. The van der Waals surface area contributed by atoms with Crippen LogP contribution in [0.15, 0.2) is 99.3 Å². The van der Waals surface area contributed by atoms with E-state index in [4.69, 9.17) is 9.15 Å². The van der Waals surface area contributed by atoms with Crippen molar-refractivity contribution in [2.24, 2.45) is 7.05 Å². The zero-order valence-electron chi connectivity index (χ0n) is 20.7. The van der Waals surface area contributed by atoms with E-state index in [1.807, 2.05) is 13.2 Å². The number of hydrogen-bond donors (Lipinski definition) is 1. The smallest absolute Gasteiger partial charge is 0.267 e. The number of anilines is 1. The number of benzene rings is 2. The molecule has 0 unspecified atom stereocenters. The number of halogens is 2. The monoisotopic (exact) mass is 600 g/mol. The van der Waals surface area contributed by atoms with Crippen LogP contribution in [0.3, 0.4) is 0 Å². The van der Waals surface area contributed by atoms with Gasteiger partial charge in [0, 0.05) is 30.8 Å². The zero-order valence-corrected chi connectivity index (χ0v) is 22.3. The summed E-state index contributed by atoms with van der Waals surface area (Å²) in [6, 6.07) is 15.0. The number of rotatable bonds is 6. The molecular weight excluding hydrogens is 583 g/mol. The maximum Gasteiger partial charge on any atom is 0.267 e. The van der Waals surface area contributed by atoms with E-state index in [0.29, 0.717) is 38.5 Å². The van der Waals surface area contributed by atoms with Crippen LogP contribution in [-0.2, 0) is 7.05 Å². The first kappa shape index (κ1) is 25.2. The standard InChI is InChI=1S/C28H18BrFN6O4/c1-35-14-16(13-33-35)24-23(29)22-26(31-15-32-27(22)40-24)39-20-10-6-18(7-11-20)34-25(37)21-3-2-12-36(28(21)38)19-8-4-17(30)5-9-19/h2-15H,1H3,(H,34,37). The van der Waals surface area contributed by atoms with E-state index >= 15 is 0 Å². The van der Waals surface area contributed by atoms with Crippen molar-refractivity contribution in [1.82, 2.24) is 24.3 Å². The molecule has 0 aliphatic rings. The molecule has 0 radical (unpaired) electrons. The Balaban J connectivity index is 1.21. The highest BCUT2D eigenvalue weighted by Gasteiger charge is 2.21. The number of nitrogens with zero attached hydrogens (tertiary/aromatic N) is 5. The molecule has 12 heteroatoms. The molecule has 0 spiro atoms. The Morgan fingerprint density at radius 2 is 1.85 bits per heavy atom. The number of carbonyl (C=O) groups excluding carboxylic acids is 1. The molecule has 2 aromatic carbocycles. The Morgan fingerprint density at radius 1 is 1.07 bits per heavy atom. The normalized spacial score (nSPS) is 11.1. The summed E-state index contributed by atoms with van der Waals surface area (Å²) in [7, 11) is 1.81. The summed E-state index contributed by atoms with van der Waals surface area (Å²) >= 11 is 3.57. The third-order valence-corrected chi connectivity index (χ3v) is 6.74. The van der Waals surface area contributed by atoms with E-state index in [-0.39, 0.29) is 11.4 Å². The van der Waals surface area contributed by atoms with Gasteiger partial charge in [-0.3, -0.25) is 18.8 Å². The second kappa shape index (κ2) is 10.2. The van der Waals surface area contributed by atoms with E-state index in [2.05, 4.69) is 36.3 Å². The molecule has 0 aliphatic carbocycles. The molecule has 4 aromatic heterocycles. The molecule has 1 amide bonds. The van der Waals surface area contributed by atoms with Crippen molar-refractivity contribution in [2.75, 3.05) is 5.32 Å². The Labute approximate surface area is 233 Å². The van der Waals surface area contributed by atoms with Crippen LogP contribution in [0.2, 0.25) is 0 Å². The number of ether oxygens (including phenoxy) is 1. The van der Waals surface area contributed by atoms with Crippen molar-refractivity contribution in [1.29, 1.82) is 0 Å². The van der Waals surface area contributed by atoms with Gasteiger partial charge in [0.1, 0.15) is 28.8 Å². The molecule has 4 heterocycles. The molecule has 0 fully saturated rings. The van der Waals surface area contributed by atoms with Gasteiger partial charge < -0.3 is 14.5 Å². The molecule has 6 rings (SSSR count). The minimum Gasteiger partial charge on any atom is -0.438 e. The van der Waals surface area contributed by atoms with E-state index in [0.717, 1.165) is 5.56 Å². The fourth-order valence-corrected chi connectivity index (χ4v) is 4.71. The molecule has 40 heavy (non-hydrogen) atoms. The van der Waals surface area contributed by atoms with Crippen molar-refractivity contribution in [2.45, 2.75) is 0 Å². The average Bonchev–Trinajstić information content (AvgIpc) is 3.53. The van der Waals surface area contributed by atoms with Gasteiger partial charge >= 0.3 is 0 Å². The Hall–Kier alpha value is -5.10. The van der Waals surface area contributed by atoms with E-state index < -0.39 is 17.3 Å². The maximum atomic E-state index is 13.3. The predicted octanol–water partition coefficient (Wildman–Crippen LogP) is 5.72. The fourth-order valence-electron chi connectivity index (χ4n) is 4.06. The molecule has 0 saturated heterocycles. The summed E-state index contributed by atoms with van der Waals surface area (Å²) in [6.45, 7) is 0. The van der Waals surface area contributed by atoms with Gasteiger partial charge in [-0.15, -0.1) is 0 Å². The number of aromatic nitrogens is 5. The van der Waals surface area contributed by atoms with Crippen molar-refractivity contribution in [3.8, 4) is 28.6 Å². The third-order valence-electron chi connectivity index (χ3n) is 5.99. The number of amides is 1. The van der Waals surface area contributed by atoms with Crippen molar-refractivity contribution >= 4 is 38.6 Å². The van der Waals surface area contributed by atoms with Crippen molar-refractivity contribution in [3.05, 3.63) is 112 Å². The summed E-state index contributed by atoms with van der Waals surface area (Å²) in [5, 5.41) is 7.45. The van der Waals surface area contributed by atoms with Crippen molar-refractivity contribution in [3.63, 3.8) is 0 Å². The van der Waals surface area contributed by atoms with Crippen LogP contribution in [0.1, 0.15) is 10.4 Å². The summed E-state index contributed by atoms with van der Waals surface area (Å²) < 4.78 is 28.8. The topological polar surface area (TPSA) is 117 Å². The maximum absolute atomic E-state index is 13.3. The van der Waals surface area contributed by atoms with Crippen LogP contribution < -0.4 is 15.6 Å². The minimum absolute atomic E-state index is 0.0650. The number of carbonyl (C=O) groups is 1. The molecule has 0 saturated carbocycles. The first-order valence-corrected chi connectivity index (χ1v) is 12.7. The second-order valence-electron chi connectivity index (χ2n) is 8.66. The number of hydrogen-bond acceptors (Lipinski definition) is 7. The first-order valence-electron chi connectivity index (χ1n) is 11.9. The second-order valence-corrected chi connectivity index (χ2v) is 9.45. The number of furan rings is 1. The quantitative estimate of drug-likeness (QED) is 0.260. The predicted molar refractivity (Wildman–Crippen MR) is 148 cm³/mol. The minimum atomic E-state index is -0.585. The average molecular weight is 601 g/mol. The lowest BCUT2D eigenvalue weighted by Gasteiger charge is -2.10. The van der Waals surface area contributed by atoms with E-state index in [9.17, 15) is 14.0 Å². The van der Waals surface area contributed by atoms with Crippen LogP contribution in [0.25, 0.3) is 28.1 Å². The highest BCUT2D eigenvalue weighted by molar-refractivity contribution is 9.10. The van der Waals surface area contributed by atoms with Crippen LogP contribution in [0, 0.1) is 5.82 Å². The van der Waals surface area contributed by atoms with Gasteiger partial charge in [-0.1, -0.05) is 0 Å². The molecule has 198 valence electrons. The molecule has 1 N–H and O–H groups in total.